The lowest BCUT2D eigenvalue weighted by Gasteiger charge is -2.32. The van der Waals surface area contributed by atoms with Gasteiger partial charge in [0.05, 0.1) is 5.69 Å². The summed E-state index contributed by atoms with van der Waals surface area (Å²) in [6.45, 7) is 5.44. The molecule has 0 saturated carbocycles. The minimum Gasteiger partial charge on any atom is -0.355 e. The highest BCUT2D eigenvalue weighted by Gasteiger charge is 2.23. The summed E-state index contributed by atoms with van der Waals surface area (Å²) in [5.41, 5.74) is 2.33. The van der Waals surface area contributed by atoms with Gasteiger partial charge in [0.25, 0.3) is 0 Å². The molecule has 2 aromatic heterocycles. The molecular weight excluding hydrogens is 260 g/mol. The minimum atomic E-state index is 0.857. The van der Waals surface area contributed by atoms with E-state index in [0.29, 0.717) is 0 Å². The Bertz CT molecular complexity index is 581. The number of nitrogens with one attached hydrogen (secondary N) is 1. The Morgan fingerprint density at radius 3 is 2.81 bits per heavy atom. The smallest absolute Gasteiger partial charge is 0.152 e. The Labute approximate surface area is 127 Å². The van der Waals surface area contributed by atoms with Gasteiger partial charge >= 0.3 is 0 Å². The second-order valence-corrected chi connectivity index (χ2v) is 6.06. The van der Waals surface area contributed by atoms with Crippen LogP contribution in [0, 0.1) is 5.92 Å². The van der Waals surface area contributed by atoms with Crippen LogP contribution < -0.4 is 10.2 Å². The topological polar surface area (TPSA) is 32.6 Å². The molecule has 3 rings (SSSR count). The zero-order chi connectivity index (χ0) is 14.7. The highest BCUT2D eigenvalue weighted by atomic mass is 15.2. The maximum atomic E-state index is 4.87. The van der Waals surface area contributed by atoms with Crippen molar-refractivity contribution < 1.29 is 0 Å². The van der Waals surface area contributed by atoms with Crippen LogP contribution >= 0.6 is 0 Å². The molecule has 1 aliphatic rings. The first-order valence-electron chi connectivity index (χ1n) is 8.19. The SMILES string of the molecule is CCCC1CCN(c2nc3ccccn3c2CNC)CC1. The number of hydrogen-bond donors (Lipinski definition) is 1. The average Bonchev–Trinajstić information content (AvgIpc) is 2.88. The number of piperidine rings is 1. The largest absolute Gasteiger partial charge is 0.355 e. The van der Waals surface area contributed by atoms with Gasteiger partial charge in [0, 0.05) is 25.8 Å². The van der Waals surface area contributed by atoms with E-state index in [1.165, 1.54) is 37.2 Å². The summed E-state index contributed by atoms with van der Waals surface area (Å²) in [7, 11) is 2.00. The van der Waals surface area contributed by atoms with Crippen molar-refractivity contribution in [1.29, 1.82) is 0 Å². The zero-order valence-electron chi connectivity index (χ0n) is 13.2. The van der Waals surface area contributed by atoms with E-state index in [0.717, 1.165) is 31.2 Å². The lowest BCUT2D eigenvalue weighted by atomic mass is 9.92. The molecule has 0 atom stereocenters. The standard InChI is InChI=1S/C17H26N4/c1-3-6-14-8-11-20(12-9-14)17-15(13-18-2)21-10-5-4-7-16(21)19-17/h4-5,7,10,14,18H,3,6,8-9,11-13H2,1-2H3. The maximum Gasteiger partial charge on any atom is 0.152 e. The van der Waals surface area contributed by atoms with Crippen LogP contribution in [-0.4, -0.2) is 29.5 Å². The Kier molecular flexibility index (Phi) is 4.44. The first kappa shape index (κ1) is 14.4. The molecule has 1 N–H and O–H groups in total. The average molecular weight is 286 g/mol. The fourth-order valence-corrected chi connectivity index (χ4v) is 3.46. The Balaban J connectivity index is 1.85. The van der Waals surface area contributed by atoms with Gasteiger partial charge < -0.3 is 14.6 Å². The van der Waals surface area contributed by atoms with Gasteiger partial charge in [-0.3, -0.25) is 0 Å². The van der Waals surface area contributed by atoms with E-state index >= 15 is 0 Å². The van der Waals surface area contributed by atoms with Gasteiger partial charge in [-0.25, -0.2) is 4.98 Å². The van der Waals surface area contributed by atoms with E-state index < -0.39 is 0 Å². The minimum absolute atomic E-state index is 0.857. The van der Waals surface area contributed by atoms with Gasteiger partial charge in [-0.15, -0.1) is 0 Å². The van der Waals surface area contributed by atoms with Gasteiger partial charge in [0.2, 0.25) is 0 Å². The van der Waals surface area contributed by atoms with Crippen molar-refractivity contribution in [2.45, 2.75) is 39.2 Å². The first-order valence-corrected chi connectivity index (χ1v) is 8.19. The zero-order valence-corrected chi connectivity index (χ0v) is 13.2. The summed E-state index contributed by atoms with van der Waals surface area (Å²) in [5.74, 6) is 2.08. The highest BCUT2D eigenvalue weighted by molar-refractivity contribution is 5.56. The van der Waals surface area contributed by atoms with E-state index in [1.807, 2.05) is 7.05 Å². The van der Waals surface area contributed by atoms with Crippen molar-refractivity contribution in [3.63, 3.8) is 0 Å². The summed E-state index contributed by atoms with van der Waals surface area (Å²) >= 11 is 0. The molecule has 114 valence electrons. The molecule has 0 unspecified atom stereocenters. The van der Waals surface area contributed by atoms with Crippen molar-refractivity contribution in [3.05, 3.63) is 30.1 Å². The van der Waals surface area contributed by atoms with Gasteiger partial charge in [0.15, 0.2) is 5.82 Å². The second kappa shape index (κ2) is 6.48. The highest BCUT2D eigenvalue weighted by Crippen LogP contribution is 2.28. The first-order chi connectivity index (χ1) is 10.3. The molecule has 0 bridgehead atoms. The van der Waals surface area contributed by atoms with Crippen LogP contribution in [0.25, 0.3) is 5.65 Å². The molecule has 1 fully saturated rings. The summed E-state index contributed by atoms with van der Waals surface area (Å²) in [6, 6.07) is 6.22. The van der Waals surface area contributed by atoms with Gasteiger partial charge in [-0.05, 0) is 37.9 Å². The molecule has 0 amide bonds. The predicted octanol–water partition coefficient (Wildman–Crippen LogP) is 3.07. The van der Waals surface area contributed by atoms with Gasteiger partial charge in [0.1, 0.15) is 5.65 Å². The summed E-state index contributed by atoms with van der Waals surface area (Å²) in [5, 5.41) is 3.28. The molecule has 4 heteroatoms. The third kappa shape index (κ3) is 2.91. The van der Waals surface area contributed by atoms with E-state index in [1.54, 1.807) is 0 Å². The molecule has 1 aliphatic heterocycles. The van der Waals surface area contributed by atoms with Crippen molar-refractivity contribution >= 4 is 11.5 Å². The normalized spacial score (nSPS) is 16.8. The molecule has 2 aromatic rings. The fraction of sp³-hybridized carbons (Fsp3) is 0.588. The van der Waals surface area contributed by atoms with Crippen LogP contribution in [0.5, 0.6) is 0 Å². The number of rotatable bonds is 5. The van der Waals surface area contributed by atoms with Crippen LogP contribution in [0.1, 0.15) is 38.3 Å². The summed E-state index contributed by atoms with van der Waals surface area (Å²) in [6.07, 6.45) is 7.41. The Morgan fingerprint density at radius 1 is 1.29 bits per heavy atom. The third-order valence-corrected chi connectivity index (χ3v) is 4.56. The van der Waals surface area contributed by atoms with Gasteiger partial charge in [-0.1, -0.05) is 25.8 Å². The Morgan fingerprint density at radius 2 is 2.10 bits per heavy atom. The van der Waals surface area contributed by atoms with Crippen LogP contribution in [0.2, 0.25) is 0 Å². The maximum absolute atomic E-state index is 4.87. The van der Waals surface area contributed by atoms with Crippen molar-refractivity contribution in [1.82, 2.24) is 14.7 Å². The monoisotopic (exact) mass is 286 g/mol. The number of pyridine rings is 1. The van der Waals surface area contributed by atoms with E-state index in [4.69, 9.17) is 4.98 Å². The van der Waals surface area contributed by atoms with E-state index in [9.17, 15) is 0 Å². The number of anilines is 1. The van der Waals surface area contributed by atoms with Crippen LogP contribution in [0.3, 0.4) is 0 Å². The molecule has 21 heavy (non-hydrogen) atoms. The molecule has 0 spiro atoms. The Hall–Kier alpha value is -1.55. The lowest BCUT2D eigenvalue weighted by Crippen LogP contribution is -2.34. The van der Waals surface area contributed by atoms with E-state index in [-0.39, 0.29) is 0 Å². The quantitative estimate of drug-likeness (QED) is 0.917. The third-order valence-electron chi connectivity index (χ3n) is 4.56. The van der Waals surface area contributed by atoms with Gasteiger partial charge in [-0.2, -0.15) is 0 Å². The summed E-state index contributed by atoms with van der Waals surface area (Å²) in [4.78, 5) is 7.35. The predicted molar refractivity (Wildman–Crippen MR) is 87.8 cm³/mol. The molecule has 0 aliphatic carbocycles. The van der Waals surface area contributed by atoms with E-state index in [2.05, 4.69) is 45.9 Å². The second-order valence-electron chi connectivity index (χ2n) is 6.06. The number of aromatic nitrogens is 2. The van der Waals surface area contributed by atoms with Crippen molar-refractivity contribution in [2.75, 3.05) is 25.0 Å². The molecule has 1 saturated heterocycles. The molecule has 4 nitrogen and oxygen atoms in total. The molecule has 0 aromatic carbocycles. The number of hydrogen-bond acceptors (Lipinski definition) is 3. The number of fused-ring (bicyclic) bond motifs is 1. The fourth-order valence-electron chi connectivity index (χ4n) is 3.46. The molecule has 3 heterocycles. The van der Waals surface area contributed by atoms with Crippen LogP contribution in [-0.2, 0) is 6.54 Å². The number of imidazole rings is 1. The van der Waals surface area contributed by atoms with Crippen LogP contribution in [0.15, 0.2) is 24.4 Å². The summed E-state index contributed by atoms with van der Waals surface area (Å²) < 4.78 is 2.21. The number of nitrogens with zero attached hydrogens (tertiary/aromatic N) is 3. The molecule has 0 radical (unpaired) electrons. The molecular formula is C17H26N4. The van der Waals surface area contributed by atoms with Crippen molar-refractivity contribution in [3.8, 4) is 0 Å². The van der Waals surface area contributed by atoms with Crippen molar-refractivity contribution in [2.24, 2.45) is 5.92 Å². The lowest BCUT2D eigenvalue weighted by molar-refractivity contribution is 0.377. The van der Waals surface area contributed by atoms with Crippen LogP contribution in [0.4, 0.5) is 5.82 Å².